The third-order valence-corrected chi connectivity index (χ3v) is 5.34. The number of aryl methyl sites for hydroxylation is 1. The van der Waals surface area contributed by atoms with E-state index in [0.717, 1.165) is 9.87 Å². The number of amides is 1. The van der Waals surface area contributed by atoms with E-state index in [0.29, 0.717) is 11.4 Å². The highest BCUT2D eigenvalue weighted by molar-refractivity contribution is 7.92. The SMILES string of the molecule is COc1ccc(S(=O)(=O)N(C)c2cc(C(N)=O)ccc2C)cc1. The summed E-state index contributed by atoms with van der Waals surface area (Å²) in [6, 6.07) is 10.8. The summed E-state index contributed by atoms with van der Waals surface area (Å²) in [5, 5.41) is 0. The van der Waals surface area contributed by atoms with Gasteiger partial charge in [-0.05, 0) is 48.9 Å². The van der Waals surface area contributed by atoms with Crippen LogP contribution in [0.3, 0.4) is 0 Å². The molecule has 0 saturated carbocycles. The molecule has 0 aliphatic rings. The fourth-order valence-corrected chi connectivity index (χ4v) is 3.39. The van der Waals surface area contributed by atoms with Crippen molar-refractivity contribution < 1.29 is 17.9 Å². The highest BCUT2D eigenvalue weighted by Gasteiger charge is 2.23. The first kappa shape index (κ1) is 16.8. The number of ether oxygens (including phenoxy) is 1. The van der Waals surface area contributed by atoms with Gasteiger partial charge in [0.05, 0.1) is 17.7 Å². The molecule has 1 amide bonds. The molecule has 23 heavy (non-hydrogen) atoms. The number of rotatable bonds is 5. The summed E-state index contributed by atoms with van der Waals surface area (Å²) < 4.78 is 31.6. The van der Waals surface area contributed by atoms with Crippen molar-refractivity contribution in [1.82, 2.24) is 0 Å². The lowest BCUT2D eigenvalue weighted by Crippen LogP contribution is -2.27. The molecule has 0 fully saturated rings. The molecule has 7 heteroatoms. The third-order valence-electron chi connectivity index (χ3n) is 3.55. The fraction of sp³-hybridized carbons (Fsp3) is 0.188. The summed E-state index contributed by atoms with van der Waals surface area (Å²) in [5.74, 6) is -0.0417. The Bertz CT molecular complexity index is 830. The van der Waals surface area contributed by atoms with E-state index in [1.165, 1.54) is 32.4 Å². The van der Waals surface area contributed by atoms with E-state index in [1.54, 1.807) is 31.2 Å². The molecule has 0 atom stereocenters. The number of carbonyl (C=O) groups is 1. The van der Waals surface area contributed by atoms with Gasteiger partial charge in [-0.25, -0.2) is 8.42 Å². The Labute approximate surface area is 135 Å². The van der Waals surface area contributed by atoms with Gasteiger partial charge in [0, 0.05) is 12.6 Å². The monoisotopic (exact) mass is 334 g/mol. The Morgan fingerprint density at radius 1 is 1.13 bits per heavy atom. The van der Waals surface area contributed by atoms with Crippen LogP contribution in [0.15, 0.2) is 47.4 Å². The van der Waals surface area contributed by atoms with Gasteiger partial charge in [0.15, 0.2) is 0 Å². The molecule has 2 aromatic rings. The van der Waals surface area contributed by atoms with Crippen LogP contribution < -0.4 is 14.8 Å². The predicted molar refractivity (Wildman–Crippen MR) is 88.3 cm³/mol. The van der Waals surface area contributed by atoms with E-state index in [1.807, 2.05) is 0 Å². The molecular formula is C16H18N2O4S. The number of sulfonamides is 1. The number of hydrogen-bond acceptors (Lipinski definition) is 4. The number of nitrogens with zero attached hydrogens (tertiary/aromatic N) is 1. The fourth-order valence-electron chi connectivity index (χ4n) is 2.14. The maximum Gasteiger partial charge on any atom is 0.264 e. The molecule has 0 bridgehead atoms. The number of primary amides is 1. The first-order valence-corrected chi connectivity index (χ1v) is 8.25. The third kappa shape index (κ3) is 3.29. The zero-order chi connectivity index (χ0) is 17.2. The van der Waals surface area contributed by atoms with Crippen molar-refractivity contribution in [2.24, 2.45) is 5.73 Å². The van der Waals surface area contributed by atoms with Crippen molar-refractivity contribution in [3.63, 3.8) is 0 Å². The molecule has 2 aromatic carbocycles. The highest BCUT2D eigenvalue weighted by Crippen LogP contribution is 2.27. The largest absolute Gasteiger partial charge is 0.497 e. The standard InChI is InChI=1S/C16H18N2O4S/c1-11-4-5-12(16(17)19)10-15(11)18(2)23(20,21)14-8-6-13(22-3)7-9-14/h4-10H,1-3H3,(H2,17,19). The zero-order valence-electron chi connectivity index (χ0n) is 13.1. The average molecular weight is 334 g/mol. The minimum Gasteiger partial charge on any atom is -0.497 e. The lowest BCUT2D eigenvalue weighted by molar-refractivity contribution is 0.100. The Balaban J connectivity index is 2.47. The molecule has 2 rings (SSSR count). The second-order valence-corrected chi connectivity index (χ2v) is 6.98. The van der Waals surface area contributed by atoms with Crippen molar-refractivity contribution in [2.45, 2.75) is 11.8 Å². The molecular weight excluding hydrogens is 316 g/mol. The van der Waals surface area contributed by atoms with Crippen molar-refractivity contribution in [1.29, 1.82) is 0 Å². The molecule has 2 N–H and O–H groups in total. The Morgan fingerprint density at radius 2 is 1.74 bits per heavy atom. The summed E-state index contributed by atoms with van der Waals surface area (Å²) in [6.07, 6.45) is 0. The number of hydrogen-bond donors (Lipinski definition) is 1. The van der Waals surface area contributed by atoms with Gasteiger partial charge in [-0.3, -0.25) is 9.10 Å². The van der Waals surface area contributed by atoms with Crippen LogP contribution in [0.5, 0.6) is 5.75 Å². The maximum absolute atomic E-state index is 12.7. The first-order valence-electron chi connectivity index (χ1n) is 6.81. The lowest BCUT2D eigenvalue weighted by Gasteiger charge is -2.22. The molecule has 0 heterocycles. The van der Waals surface area contributed by atoms with E-state index in [2.05, 4.69) is 0 Å². The molecule has 0 saturated heterocycles. The number of methoxy groups -OCH3 is 1. The number of benzene rings is 2. The van der Waals surface area contributed by atoms with Crippen molar-refractivity contribution in [3.05, 3.63) is 53.6 Å². The minimum absolute atomic E-state index is 0.129. The van der Waals surface area contributed by atoms with Crippen LogP contribution in [-0.2, 0) is 10.0 Å². The average Bonchev–Trinajstić information content (AvgIpc) is 2.54. The quantitative estimate of drug-likeness (QED) is 0.904. The predicted octanol–water partition coefficient (Wildman–Crippen LogP) is 1.93. The van der Waals surface area contributed by atoms with Crippen molar-refractivity contribution in [3.8, 4) is 5.75 Å². The zero-order valence-corrected chi connectivity index (χ0v) is 13.9. The molecule has 0 aliphatic heterocycles. The summed E-state index contributed by atoms with van der Waals surface area (Å²) in [5.41, 5.74) is 6.63. The highest BCUT2D eigenvalue weighted by atomic mass is 32.2. The number of anilines is 1. The van der Waals surface area contributed by atoms with E-state index < -0.39 is 15.9 Å². The van der Waals surface area contributed by atoms with Gasteiger partial charge in [-0.15, -0.1) is 0 Å². The van der Waals surface area contributed by atoms with Crippen molar-refractivity contribution in [2.75, 3.05) is 18.5 Å². The smallest absolute Gasteiger partial charge is 0.264 e. The Kier molecular flexibility index (Phi) is 4.60. The van der Waals surface area contributed by atoms with Gasteiger partial charge in [-0.2, -0.15) is 0 Å². The second kappa shape index (κ2) is 6.29. The van der Waals surface area contributed by atoms with Gasteiger partial charge in [0.2, 0.25) is 5.91 Å². The van der Waals surface area contributed by atoms with Crippen LogP contribution in [0.25, 0.3) is 0 Å². The van der Waals surface area contributed by atoms with Gasteiger partial charge in [0.25, 0.3) is 10.0 Å². The van der Waals surface area contributed by atoms with Gasteiger partial charge < -0.3 is 10.5 Å². The summed E-state index contributed by atoms with van der Waals surface area (Å²) >= 11 is 0. The number of nitrogens with two attached hydrogens (primary N) is 1. The minimum atomic E-state index is -3.76. The maximum atomic E-state index is 12.7. The van der Waals surface area contributed by atoms with Crippen LogP contribution in [0.2, 0.25) is 0 Å². The van der Waals surface area contributed by atoms with Gasteiger partial charge in [-0.1, -0.05) is 6.07 Å². The second-order valence-electron chi connectivity index (χ2n) is 5.01. The first-order chi connectivity index (χ1) is 10.8. The lowest BCUT2D eigenvalue weighted by atomic mass is 10.1. The summed E-state index contributed by atoms with van der Waals surface area (Å²) in [6.45, 7) is 1.76. The molecule has 6 nitrogen and oxygen atoms in total. The Morgan fingerprint density at radius 3 is 2.26 bits per heavy atom. The summed E-state index contributed by atoms with van der Waals surface area (Å²) in [4.78, 5) is 11.4. The van der Waals surface area contributed by atoms with Gasteiger partial charge in [0.1, 0.15) is 5.75 Å². The van der Waals surface area contributed by atoms with Gasteiger partial charge >= 0.3 is 0 Å². The molecule has 0 aliphatic carbocycles. The topological polar surface area (TPSA) is 89.7 Å². The van der Waals surface area contributed by atoms with E-state index in [9.17, 15) is 13.2 Å². The molecule has 0 radical (unpaired) electrons. The van der Waals surface area contributed by atoms with Crippen LogP contribution in [-0.4, -0.2) is 28.5 Å². The van der Waals surface area contributed by atoms with E-state index >= 15 is 0 Å². The molecule has 0 unspecified atom stereocenters. The number of carbonyl (C=O) groups excluding carboxylic acids is 1. The van der Waals surface area contributed by atoms with Crippen LogP contribution in [0.4, 0.5) is 5.69 Å². The van der Waals surface area contributed by atoms with E-state index in [-0.39, 0.29) is 10.5 Å². The van der Waals surface area contributed by atoms with Crippen LogP contribution >= 0.6 is 0 Å². The van der Waals surface area contributed by atoms with Crippen molar-refractivity contribution >= 4 is 21.6 Å². The summed E-state index contributed by atoms with van der Waals surface area (Å²) in [7, 11) is -0.811. The van der Waals surface area contributed by atoms with E-state index in [4.69, 9.17) is 10.5 Å². The Hall–Kier alpha value is -2.54. The van der Waals surface area contributed by atoms with Crippen LogP contribution in [0, 0.1) is 6.92 Å². The molecule has 122 valence electrons. The van der Waals surface area contributed by atoms with Crippen LogP contribution in [0.1, 0.15) is 15.9 Å². The molecule has 0 spiro atoms. The molecule has 0 aromatic heterocycles. The normalized spacial score (nSPS) is 11.1.